The first-order valence-corrected chi connectivity index (χ1v) is 14.6. The third-order valence-electron chi connectivity index (χ3n) is 8.36. The Kier molecular flexibility index (Phi) is 9.69. The number of anilines is 1. The van der Waals surface area contributed by atoms with E-state index in [0.29, 0.717) is 32.7 Å². The lowest BCUT2D eigenvalue weighted by Crippen LogP contribution is -2.45. The molecule has 0 radical (unpaired) electrons. The van der Waals surface area contributed by atoms with Crippen LogP contribution in [-0.4, -0.2) is 54.2 Å². The fraction of sp³-hybridized carbons (Fsp3) is 0.515. The summed E-state index contributed by atoms with van der Waals surface area (Å²) < 4.78 is 5.70. The molecule has 1 fully saturated rings. The number of hydrogen-bond donors (Lipinski definition) is 2. The number of rotatable bonds is 12. The number of carboxylic acid groups (broad SMARTS) is 1. The van der Waals surface area contributed by atoms with Crippen molar-refractivity contribution in [1.82, 2.24) is 4.90 Å². The van der Waals surface area contributed by atoms with Crippen molar-refractivity contribution < 1.29 is 19.4 Å². The molecule has 40 heavy (non-hydrogen) atoms. The maximum absolute atomic E-state index is 14.0. The number of allylic oxidation sites excluding steroid dienone is 2. The molecule has 1 amide bonds. The fourth-order valence-corrected chi connectivity index (χ4v) is 6.40. The average Bonchev–Trinajstić information content (AvgIpc) is 3.53. The molecule has 0 saturated carbocycles. The molecule has 0 unspecified atom stereocenters. The second-order valence-corrected chi connectivity index (χ2v) is 11.9. The highest BCUT2D eigenvalue weighted by atomic mass is 16.5. The molecule has 3 N–H and O–H groups in total. The number of ether oxygens (including phenoxy) is 1. The maximum atomic E-state index is 14.0. The molecule has 0 bridgehead atoms. The SMILES string of the molecule is CC=CC(C)(C)C[C@H]1[C@H](C(=O)O)[C@@H](c2ccc3c(c2)CCO3)CN1CC(=O)N(CCCC)c1cccc(CN)c1. The molecule has 0 aliphatic carbocycles. The molecule has 216 valence electrons. The van der Waals surface area contributed by atoms with Gasteiger partial charge in [-0.25, -0.2) is 0 Å². The number of unbranched alkanes of at least 4 members (excludes halogenated alkanes) is 1. The standard InChI is InChI=1S/C33H45N3O4/c1-5-7-15-36(26-10-8-9-23(17-26)20-34)30(37)22-35-21-27(24-11-12-29-25(18-24)13-16-40-29)31(32(38)39)28(35)19-33(3,4)14-6-2/h6,8-12,14,17-18,27-28,31H,5,7,13,15-16,19-22,34H2,1-4H3,(H,38,39)/t27-,28+,31-/m1/s1. The first kappa shape index (κ1) is 29.8. The lowest BCUT2D eigenvalue weighted by atomic mass is 9.77. The van der Waals surface area contributed by atoms with Crippen LogP contribution < -0.4 is 15.4 Å². The molecule has 2 aliphatic heterocycles. The molecular formula is C33H45N3O4. The number of amides is 1. The van der Waals surface area contributed by atoms with E-state index in [-0.39, 0.29) is 29.8 Å². The number of benzene rings is 2. The van der Waals surface area contributed by atoms with Crippen LogP contribution in [0, 0.1) is 11.3 Å². The van der Waals surface area contributed by atoms with E-state index in [1.807, 2.05) is 54.3 Å². The summed E-state index contributed by atoms with van der Waals surface area (Å²) >= 11 is 0. The minimum atomic E-state index is -0.809. The van der Waals surface area contributed by atoms with Gasteiger partial charge in [0.05, 0.1) is 19.1 Å². The van der Waals surface area contributed by atoms with Crippen molar-refractivity contribution in [2.24, 2.45) is 17.1 Å². The van der Waals surface area contributed by atoms with Gasteiger partial charge in [-0.2, -0.15) is 0 Å². The number of nitrogens with zero attached hydrogens (tertiary/aromatic N) is 2. The van der Waals surface area contributed by atoms with Crippen molar-refractivity contribution in [3.63, 3.8) is 0 Å². The molecule has 2 heterocycles. The Hall–Kier alpha value is -3.16. The summed E-state index contributed by atoms with van der Waals surface area (Å²) in [6.07, 6.45) is 7.49. The third kappa shape index (κ3) is 6.76. The number of aliphatic carboxylic acids is 1. The van der Waals surface area contributed by atoms with E-state index in [9.17, 15) is 14.7 Å². The highest BCUT2D eigenvalue weighted by Crippen LogP contribution is 2.44. The van der Waals surface area contributed by atoms with Gasteiger partial charge in [-0.1, -0.05) is 63.6 Å². The van der Waals surface area contributed by atoms with Crippen molar-refractivity contribution in [1.29, 1.82) is 0 Å². The molecule has 2 aromatic carbocycles. The molecule has 3 atom stereocenters. The topological polar surface area (TPSA) is 96.1 Å². The van der Waals surface area contributed by atoms with Gasteiger partial charge in [0.15, 0.2) is 0 Å². The summed E-state index contributed by atoms with van der Waals surface area (Å²) in [6, 6.07) is 13.7. The number of fused-ring (bicyclic) bond motifs is 1. The van der Waals surface area contributed by atoms with Gasteiger partial charge in [0.25, 0.3) is 0 Å². The summed E-state index contributed by atoms with van der Waals surface area (Å²) in [7, 11) is 0. The molecule has 2 aliphatic rings. The van der Waals surface area contributed by atoms with Gasteiger partial charge in [-0.3, -0.25) is 14.5 Å². The molecule has 7 nitrogen and oxygen atoms in total. The van der Waals surface area contributed by atoms with E-state index in [1.165, 1.54) is 0 Å². The molecule has 2 aromatic rings. The average molecular weight is 548 g/mol. The third-order valence-corrected chi connectivity index (χ3v) is 8.36. The number of hydrogen-bond acceptors (Lipinski definition) is 5. The smallest absolute Gasteiger partial charge is 0.308 e. The van der Waals surface area contributed by atoms with E-state index in [0.717, 1.165) is 47.4 Å². The summed E-state index contributed by atoms with van der Waals surface area (Å²) in [5.74, 6) is -0.771. The van der Waals surface area contributed by atoms with Crippen LogP contribution >= 0.6 is 0 Å². The predicted octanol–water partition coefficient (Wildman–Crippen LogP) is 5.37. The van der Waals surface area contributed by atoms with Gasteiger partial charge < -0.3 is 20.5 Å². The summed E-state index contributed by atoms with van der Waals surface area (Å²) in [5, 5.41) is 10.6. The minimum Gasteiger partial charge on any atom is -0.493 e. The zero-order valence-electron chi connectivity index (χ0n) is 24.4. The van der Waals surface area contributed by atoms with Crippen LogP contribution in [0.1, 0.15) is 69.6 Å². The van der Waals surface area contributed by atoms with Crippen LogP contribution in [-0.2, 0) is 22.6 Å². The first-order valence-electron chi connectivity index (χ1n) is 14.6. The molecular weight excluding hydrogens is 502 g/mol. The van der Waals surface area contributed by atoms with Gasteiger partial charge >= 0.3 is 5.97 Å². The highest BCUT2D eigenvalue weighted by molar-refractivity contribution is 5.95. The zero-order valence-corrected chi connectivity index (χ0v) is 24.4. The minimum absolute atomic E-state index is 0.0106. The zero-order chi connectivity index (χ0) is 28.9. The Morgan fingerprint density at radius 1 is 1.23 bits per heavy atom. The van der Waals surface area contributed by atoms with E-state index in [4.69, 9.17) is 10.5 Å². The number of carboxylic acids is 1. The van der Waals surface area contributed by atoms with Crippen molar-refractivity contribution in [3.05, 3.63) is 71.3 Å². The second-order valence-electron chi connectivity index (χ2n) is 11.9. The van der Waals surface area contributed by atoms with Gasteiger partial charge in [0, 0.05) is 43.7 Å². The number of carbonyl (C=O) groups is 2. The van der Waals surface area contributed by atoms with Crippen LogP contribution in [0.3, 0.4) is 0 Å². The fourth-order valence-electron chi connectivity index (χ4n) is 6.40. The number of likely N-dealkylation sites (tertiary alicyclic amines) is 1. The lowest BCUT2D eigenvalue weighted by Gasteiger charge is -2.34. The van der Waals surface area contributed by atoms with Crippen LogP contribution in [0.2, 0.25) is 0 Å². The number of carbonyl (C=O) groups excluding carboxylic acids is 1. The van der Waals surface area contributed by atoms with Crippen molar-refractivity contribution in [3.8, 4) is 5.75 Å². The summed E-state index contributed by atoms with van der Waals surface area (Å²) in [6.45, 7) is 10.7. The molecule has 0 spiro atoms. The van der Waals surface area contributed by atoms with E-state index in [2.05, 4.69) is 37.8 Å². The summed E-state index contributed by atoms with van der Waals surface area (Å²) in [4.78, 5) is 30.9. The Morgan fingerprint density at radius 2 is 2.02 bits per heavy atom. The van der Waals surface area contributed by atoms with Gasteiger partial charge in [0.1, 0.15) is 5.75 Å². The Bertz CT molecular complexity index is 1220. The number of nitrogens with two attached hydrogens (primary N) is 1. The molecule has 7 heteroatoms. The van der Waals surface area contributed by atoms with Crippen LogP contribution in [0.5, 0.6) is 5.75 Å². The van der Waals surface area contributed by atoms with E-state index < -0.39 is 11.9 Å². The van der Waals surface area contributed by atoms with Gasteiger partial charge in [0.2, 0.25) is 5.91 Å². The van der Waals surface area contributed by atoms with Crippen LogP contribution in [0.4, 0.5) is 5.69 Å². The Labute approximate surface area is 239 Å². The van der Waals surface area contributed by atoms with Crippen molar-refractivity contribution in [2.45, 2.75) is 71.9 Å². The molecule has 0 aromatic heterocycles. The second kappa shape index (κ2) is 13.0. The van der Waals surface area contributed by atoms with Crippen molar-refractivity contribution in [2.75, 3.05) is 31.1 Å². The van der Waals surface area contributed by atoms with Crippen LogP contribution in [0.25, 0.3) is 0 Å². The maximum Gasteiger partial charge on any atom is 0.308 e. The normalized spacial score (nSPS) is 21.0. The largest absolute Gasteiger partial charge is 0.493 e. The van der Waals surface area contributed by atoms with E-state index >= 15 is 0 Å². The first-order chi connectivity index (χ1) is 19.2. The van der Waals surface area contributed by atoms with Crippen LogP contribution in [0.15, 0.2) is 54.6 Å². The predicted molar refractivity (Wildman–Crippen MR) is 160 cm³/mol. The lowest BCUT2D eigenvalue weighted by molar-refractivity contribution is -0.143. The summed E-state index contributed by atoms with van der Waals surface area (Å²) in [5.41, 5.74) is 9.65. The molecule has 4 rings (SSSR count). The van der Waals surface area contributed by atoms with E-state index in [1.54, 1.807) is 0 Å². The quantitative estimate of drug-likeness (QED) is 0.347. The Morgan fingerprint density at radius 3 is 2.73 bits per heavy atom. The molecule has 1 saturated heterocycles. The van der Waals surface area contributed by atoms with Gasteiger partial charge in [-0.05, 0) is 60.1 Å². The Balaban J connectivity index is 1.68. The van der Waals surface area contributed by atoms with Crippen molar-refractivity contribution >= 4 is 17.6 Å². The highest BCUT2D eigenvalue weighted by Gasteiger charge is 2.48. The van der Waals surface area contributed by atoms with Gasteiger partial charge in [-0.15, -0.1) is 0 Å². The monoisotopic (exact) mass is 547 g/mol.